The molecule has 20 heavy (non-hydrogen) atoms. The second-order valence-corrected chi connectivity index (χ2v) is 5.34. The van der Waals surface area contributed by atoms with Crippen molar-refractivity contribution in [3.05, 3.63) is 30.3 Å². The zero-order valence-corrected chi connectivity index (χ0v) is 11.8. The maximum absolute atomic E-state index is 11.9. The van der Waals surface area contributed by atoms with Crippen molar-refractivity contribution in [2.24, 2.45) is 5.92 Å². The molecule has 1 N–H and O–H groups in total. The van der Waals surface area contributed by atoms with Crippen LogP contribution in [0.1, 0.15) is 39.0 Å². The molecule has 1 fully saturated rings. The number of amides is 1. The van der Waals surface area contributed by atoms with Crippen molar-refractivity contribution < 1.29 is 14.3 Å². The molecule has 1 atom stereocenters. The van der Waals surface area contributed by atoms with Gasteiger partial charge in [-0.25, -0.2) is 0 Å². The lowest BCUT2D eigenvalue weighted by Crippen LogP contribution is -2.30. The molecular weight excluding hydrogens is 254 g/mol. The van der Waals surface area contributed by atoms with Gasteiger partial charge in [0, 0.05) is 12.1 Å². The van der Waals surface area contributed by atoms with Crippen molar-refractivity contribution in [1.82, 2.24) is 0 Å². The Bertz CT molecular complexity index is 452. The number of benzene rings is 1. The Balaban J connectivity index is 1.77. The van der Waals surface area contributed by atoms with Gasteiger partial charge in [-0.3, -0.25) is 9.59 Å². The number of para-hydroxylation sites is 1. The van der Waals surface area contributed by atoms with Crippen LogP contribution < -0.4 is 5.32 Å². The molecule has 0 aliphatic heterocycles. The molecule has 4 heteroatoms. The number of anilines is 1. The number of hydrogen-bond donors (Lipinski definition) is 1. The SMILES string of the molecule is C[C@H](OC(=O)CC1CCCC1)C(=O)Nc1ccccc1. The predicted octanol–water partition coefficient (Wildman–Crippen LogP) is 3.14. The largest absolute Gasteiger partial charge is 0.453 e. The monoisotopic (exact) mass is 275 g/mol. The molecule has 0 radical (unpaired) electrons. The van der Waals surface area contributed by atoms with E-state index < -0.39 is 6.10 Å². The maximum atomic E-state index is 11.9. The van der Waals surface area contributed by atoms with E-state index >= 15 is 0 Å². The Kier molecular flexibility index (Phi) is 5.16. The number of hydrogen-bond acceptors (Lipinski definition) is 3. The van der Waals surface area contributed by atoms with Crippen molar-refractivity contribution >= 4 is 17.6 Å². The Morgan fingerprint density at radius 2 is 1.90 bits per heavy atom. The molecule has 1 aliphatic carbocycles. The third-order valence-electron chi connectivity index (χ3n) is 3.65. The Morgan fingerprint density at radius 1 is 1.25 bits per heavy atom. The van der Waals surface area contributed by atoms with Crippen LogP contribution in [0.3, 0.4) is 0 Å². The summed E-state index contributed by atoms with van der Waals surface area (Å²) in [5.41, 5.74) is 0.705. The molecule has 0 bridgehead atoms. The summed E-state index contributed by atoms with van der Waals surface area (Å²) < 4.78 is 5.20. The maximum Gasteiger partial charge on any atom is 0.306 e. The zero-order chi connectivity index (χ0) is 14.4. The van der Waals surface area contributed by atoms with Crippen LogP contribution in [-0.2, 0) is 14.3 Å². The van der Waals surface area contributed by atoms with Gasteiger partial charge in [-0.1, -0.05) is 31.0 Å². The summed E-state index contributed by atoms with van der Waals surface area (Å²) in [6, 6.07) is 9.15. The number of esters is 1. The second-order valence-electron chi connectivity index (χ2n) is 5.34. The van der Waals surface area contributed by atoms with E-state index in [2.05, 4.69) is 5.32 Å². The topological polar surface area (TPSA) is 55.4 Å². The Hall–Kier alpha value is -1.84. The molecule has 0 aromatic heterocycles. The number of carbonyl (C=O) groups excluding carboxylic acids is 2. The fraction of sp³-hybridized carbons (Fsp3) is 0.500. The first-order valence-electron chi connectivity index (χ1n) is 7.20. The number of rotatable bonds is 5. The highest BCUT2D eigenvalue weighted by molar-refractivity contribution is 5.95. The van der Waals surface area contributed by atoms with Gasteiger partial charge in [-0.15, -0.1) is 0 Å². The van der Waals surface area contributed by atoms with Gasteiger partial charge in [0.1, 0.15) is 0 Å². The smallest absolute Gasteiger partial charge is 0.306 e. The molecule has 2 rings (SSSR count). The van der Waals surface area contributed by atoms with Crippen LogP contribution >= 0.6 is 0 Å². The summed E-state index contributed by atoms with van der Waals surface area (Å²) in [5.74, 6) is -0.129. The van der Waals surface area contributed by atoms with Gasteiger partial charge in [-0.05, 0) is 37.8 Å². The molecule has 1 aliphatic rings. The van der Waals surface area contributed by atoms with E-state index in [4.69, 9.17) is 4.74 Å². The van der Waals surface area contributed by atoms with Gasteiger partial charge in [0.15, 0.2) is 6.10 Å². The van der Waals surface area contributed by atoms with E-state index in [0.717, 1.165) is 12.8 Å². The molecule has 1 aromatic carbocycles. The first-order chi connectivity index (χ1) is 9.65. The van der Waals surface area contributed by atoms with Gasteiger partial charge in [0.25, 0.3) is 5.91 Å². The Labute approximate surface area is 119 Å². The minimum Gasteiger partial charge on any atom is -0.453 e. The van der Waals surface area contributed by atoms with Crippen LogP contribution in [0.4, 0.5) is 5.69 Å². The molecule has 0 spiro atoms. The van der Waals surface area contributed by atoms with Crippen molar-refractivity contribution in [2.45, 2.75) is 45.1 Å². The molecule has 0 unspecified atom stereocenters. The van der Waals surface area contributed by atoms with Crippen LogP contribution in [-0.4, -0.2) is 18.0 Å². The Morgan fingerprint density at radius 3 is 2.55 bits per heavy atom. The molecule has 1 saturated carbocycles. The van der Waals surface area contributed by atoms with E-state index in [9.17, 15) is 9.59 Å². The van der Waals surface area contributed by atoms with Gasteiger partial charge >= 0.3 is 5.97 Å². The van der Waals surface area contributed by atoms with Gasteiger partial charge in [0.05, 0.1) is 0 Å². The molecule has 0 saturated heterocycles. The second kappa shape index (κ2) is 7.08. The minimum atomic E-state index is -0.760. The van der Waals surface area contributed by atoms with Crippen molar-refractivity contribution in [2.75, 3.05) is 5.32 Å². The third-order valence-corrected chi connectivity index (χ3v) is 3.65. The summed E-state index contributed by atoms with van der Waals surface area (Å²) in [4.78, 5) is 23.7. The van der Waals surface area contributed by atoms with Crippen molar-refractivity contribution in [3.63, 3.8) is 0 Å². The lowest BCUT2D eigenvalue weighted by molar-refractivity contribution is -0.154. The summed E-state index contributed by atoms with van der Waals surface area (Å²) in [7, 11) is 0. The number of nitrogens with one attached hydrogen (secondary N) is 1. The summed E-state index contributed by atoms with van der Waals surface area (Å²) in [5, 5.41) is 2.72. The van der Waals surface area contributed by atoms with Crippen molar-refractivity contribution in [3.8, 4) is 0 Å². The average Bonchev–Trinajstić information content (AvgIpc) is 2.92. The highest BCUT2D eigenvalue weighted by Gasteiger charge is 2.22. The number of carbonyl (C=O) groups is 2. The minimum absolute atomic E-state index is 0.271. The van der Waals surface area contributed by atoms with Crippen LogP contribution in [0.2, 0.25) is 0 Å². The molecule has 0 heterocycles. The van der Waals surface area contributed by atoms with E-state index in [1.54, 1.807) is 19.1 Å². The normalized spacial score (nSPS) is 16.6. The lowest BCUT2D eigenvalue weighted by atomic mass is 10.0. The standard InChI is InChI=1S/C16H21NO3/c1-12(16(19)17-14-9-3-2-4-10-14)20-15(18)11-13-7-5-6-8-13/h2-4,9-10,12-13H,5-8,11H2,1H3,(H,17,19)/t12-/m0/s1. The number of ether oxygens (including phenoxy) is 1. The van der Waals surface area contributed by atoms with E-state index in [-0.39, 0.29) is 11.9 Å². The summed E-state index contributed by atoms with van der Waals surface area (Å²) in [6.07, 6.45) is 4.26. The summed E-state index contributed by atoms with van der Waals surface area (Å²) >= 11 is 0. The van der Waals surface area contributed by atoms with E-state index in [1.165, 1.54) is 12.8 Å². The predicted molar refractivity (Wildman–Crippen MR) is 77.2 cm³/mol. The first kappa shape index (κ1) is 14.6. The first-order valence-corrected chi connectivity index (χ1v) is 7.20. The zero-order valence-electron chi connectivity index (χ0n) is 11.8. The summed E-state index contributed by atoms with van der Waals surface area (Å²) in [6.45, 7) is 1.60. The molecule has 1 aromatic rings. The highest BCUT2D eigenvalue weighted by Crippen LogP contribution is 2.27. The quantitative estimate of drug-likeness (QED) is 0.840. The molecule has 108 valence electrons. The highest BCUT2D eigenvalue weighted by atomic mass is 16.5. The lowest BCUT2D eigenvalue weighted by Gasteiger charge is -2.15. The van der Waals surface area contributed by atoms with Gasteiger partial charge in [-0.2, -0.15) is 0 Å². The van der Waals surface area contributed by atoms with E-state index in [1.807, 2.05) is 18.2 Å². The van der Waals surface area contributed by atoms with Gasteiger partial charge < -0.3 is 10.1 Å². The van der Waals surface area contributed by atoms with Crippen LogP contribution in [0.15, 0.2) is 30.3 Å². The third kappa shape index (κ3) is 4.37. The van der Waals surface area contributed by atoms with Gasteiger partial charge in [0.2, 0.25) is 0 Å². The molecule has 1 amide bonds. The van der Waals surface area contributed by atoms with Crippen LogP contribution in [0, 0.1) is 5.92 Å². The van der Waals surface area contributed by atoms with Crippen molar-refractivity contribution in [1.29, 1.82) is 0 Å². The molecule has 4 nitrogen and oxygen atoms in total. The fourth-order valence-corrected chi connectivity index (χ4v) is 2.51. The van der Waals surface area contributed by atoms with E-state index in [0.29, 0.717) is 18.0 Å². The average molecular weight is 275 g/mol. The van der Waals surface area contributed by atoms with Crippen LogP contribution in [0.25, 0.3) is 0 Å². The molecular formula is C16H21NO3. The van der Waals surface area contributed by atoms with Crippen LogP contribution in [0.5, 0.6) is 0 Å². The fourth-order valence-electron chi connectivity index (χ4n) is 2.51.